The van der Waals surface area contributed by atoms with Crippen molar-refractivity contribution in [1.29, 1.82) is 0 Å². The van der Waals surface area contributed by atoms with Gasteiger partial charge in [-0.3, -0.25) is 0 Å². The SMILES string of the molecule is CCC(C)N(C)CCC(NC)c1ccc(Br)cc1. The molecule has 0 aliphatic heterocycles. The summed E-state index contributed by atoms with van der Waals surface area (Å²) in [5, 5.41) is 3.41. The average molecular weight is 313 g/mol. The largest absolute Gasteiger partial charge is 0.313 e. The van der Waals surface area contributed by atoms with Crippen LogP contribution in [0, 0.1) is 0 Å². The number of nitrogens with one attached hydrogen (secondary N) is 1. The Balaban J connectivity index is 2.54. The van der Waals surface area contributed by atoms with E-state index in [4.69, 9.17) is 0 Å². The summed E-state index contributed by atoms with van der Waals surface area (Å²) in [6.07, 6.45) is 2.35. The Hall–Kier alpha value is -0.380. The van der Waals surface area contributed by atoms with Crippen molar-refractivity contribution < 1.29 is 0 Å². The fraction of sp³-hybridized carbons (Fsp3) is 0.600. The molecular formula is C15H25BrN2. The Morgan fingerprint density at radius 2 is 1.89 bits per heavy atom. The van der Waals surface area contributed by atoms with E-state index in [0.717, 1.165) is 17.4 Å². The standard InChI is InChI=1S/C15H25BrN2/c1-5-12(2)18(4)11-10-15(17-3)13-6-8-14(16)9-7-13/h6-9,12,15,17H,5,10-11H2,1-4H3. The summed E-state index contributed by atoms with van der Waals surface area (Å²) < 4.78 is 1.14. The van der Waals surface area contributed by atoms with Crippen molar-refractivity contribution in [1.82, 2.24) is 10.2 Å². The zero-order chi connectivity index (χ0) is 13.5. The summed E-state index contributed by atoms with van der Waals surface area (Å²) in [5.74, 6) is 0. The lowest BCUT2D eigenvalue weighted by Crippen LogP contribution is -2.31. The summed E-state index contributed by atoms with van der Waals surface area (Å²) >= 11 is 3.48. The highest BCUT2D eigenvalue weighted by Gasteiger charge is 2.12. The monoisotopic (exact) mass is 312 g/mol. The minimum absolute atomic E-state index is 0.435. The van der Waals surface area contributed by atoms with E-state index >= 15 is 0 Å². The molecule has 102 valence electrons. The van der Waals surface area contributed by atoms with Crippen LogP contribution in [0.5, 0.6) is 0 Å². The molecule has 1 N–H and O–H groups in total. The normalized spacial score (nSPS) is 14.8. The van der Waals surface area contributed by atoms with Gasteiger partial charge in [-0.15, -0.1) is 0 Å². The van der Waals surface area contributed by atoms with Gasteiger partial charge in [-0.1, -0.05) is 35.0 Å². The predicted molar refractivity (Wildman–Crippen MR) is 82.9 cm³/mol. The van der Waals surface area contributed by atoms with Crippen LogP contribution in [0.4, 0.5) is 0 Å². The summed E-state index contributed by atoms with van der Waals surface area (Å²) in [5.41, 5.74) is 1.36. The quantitative estimate of drug-likeness (QED) is 0.823. The van der Waals surface area contributed by atoms with Crippen LogP contribution in [-0.4, -0.2) is 31.6 Å². The van der Waals surface area contributed by atoms with Gasteiger partial charge in [0, 0.05) is 16.6 Å². The third-order valence-corrected chi connectivity index (χ3v) is 4.26. The molecule has 18 heavy (non-hydrogen) atoms. The molecule has 0 aromatic heterocycles. The molecule has 0 aliphatic carbocycles. The number of hydrogen-bond acceptors (Lipinski definition) is 2. The molecule has 0 aliphatic rings. The smallest absolute Gasteiger partial charge is 0.0329 e. The molecular weight excluding hydrogens is 288 g/mol. The highest BCUT2D eigenvalue weighted by atomic mass is 79.9. The number of benzene rings is 1. The molecule has 2 nitrogen and oxygen atoms in total. The van der Waals surface area contributed by atoms with Crippen LogP contribution in [0.15, 0.2) is 28.7 Å². The second-order valence-corrected chi connectivity index (χ2v) is 5.84. The van der Waals surface area contributed by atoms with Crippen molar-refractivity contribution in [2.75, 3.05) is 20.6 Å². The van der Waals surface area contributed by atoms with Crippen molar-refractivity contribution in [3.05, 3.63) is 34.3 Å². The Morgan fingerprint density at radius 3 is 2.39 bits per heavy atom. The van der Waals surface area contributed by atoms with Gasteiger partial charge in [0.2, 0.25) is 0 Å². The molecule has 0 bridgehead atoms. The number of rotatable bonds is 7. The lowest BCUT2D eigenvalue weighted by Gasteiger charge is -2.26. The minimum atomic E-state index is 0.435. The molecule has 3 heteroatoms. The molecule has 0 saturated carbocycles. The van der Waals surface area contributed by atoms with Crippen molar-refractivity contribution >= 4 is 15.9 Å². The van der Waals surface area contributed by atoms with E-state index in [1.165, 1.54) is 12.0 Å². The van der Waals surface area contributed by atoms with Gasteiger partial charge in [0.25, 0.3) is 0 Å². The number of hydrogen-bond donors (Lipinski definition) is 1. The molecule has 1 rings (SSSR count). The van der Waals surface area contributed by atoms with Crippen molar-refractivity contribution in [2.45, 2.75) is 38.8 Å². The second-order valence-electron chi connectivity index (χ2n) is 4.92. The molecule has 0 radical (unpaired) electrons. The molecule has 2 unspecified atom stereocenters. The van der Waals surface area contributed by atoms with E-state index < -0.39 is 0 Å². The average Bonchev–Trinajstić information content (AvgIpc) is 2.40. The maximum Gasteiger partial charge on any atom is 0.0329 e. The van der Waals surface area contributed by atoms with Gasteiger partial charge in [-0.25, -0.2) is 0 Å². The lowest BCUT2D eigenvalue weighted by molar-refractivity contribution is 0.239. The fourth-order valence-corrected chi connectivity index (χ4v) is 2.30. The van der Waals surface area contributed by atoms with E-state index in [1.54, 1.807) is 0 Å². The molecule has 0 amide bonds. The number of nitrogens with zero attached hydrogens (tertiary/aromatic N) is 1. The topological polar surface area (TPSA) is 15.3 Å². The molecule has 1 aromatic rings. The maximum absolute atomic E-state index is 3.48. The van der Waals surface area contributed by atoms with Gasteiger partial charge in [0.1, 0.15) is 0 Å². The first-order chi connectivity index (χ1) is 8.58. The van der Waals surface area contributed by atoms with Gasteiger partial charge >= 0.3 is 0 Å². The zero-order valence-electron chi connectivity index (χ0n) is 11.9. The molecule has 0 heterocycles. The summed E-state index contributed by atoms with van der Waals surface area (Å²) in [4.78, 5) is 2.43. The van der Waals surface area contributed by atoms with Crippen molar-refractivity contribution in [2.24, 2.45) is 0 Å². The van der Waals surface area contributed by atoms with Gasteiger partial charge in [0.05, 0.1) is 0 Å². The first kappa shape index (κ1) is 15.7. The fourth-order valence-electron chi connectivity index (χ4n) is 2.04. The van der Waals surface area contributed by atoms with E-state index in [1.807, 2.05) is 7.05 Å². The van der Waals surface area contributed by atoms with Gasteiger partial charge in [-0.2, -0.15) is 0 Å². The third-order valence-electron chi connectivity index (χ3n) is 3.73. The molecule has 0 saturated heterocycles. The van der Waals surface area contributed by atoms with Gasteiger partial charge < -0.3 is 10.2 Å². The Morgan fingerprint density at radius 1 is 1.28 bits per heavy atom. The summed E-state index contributed by atoms with van der Waals surface area (Å²) in [6.45, 7) is 5.65. The summed E-state index contributed by atoms with van der Waals surface area (Å²) in [7, 11) is 4.25. The van der Waals surface area contributed by atoms with E-state index in [-0.39, 0.29) is 0 Å². The van der Waals surface area contributed by atoms with Crippen LogP contribution in [0.1, 0.15) is 38.3 Å². The maximum atomic E-state index is 3.48. The van der Waals surface area contributed by atoms with Crippen LogP contribution < -0.4 is 5.32 Å². The molecule has 2 atom stereocenters. The van der Waals surface area contributed by atoms with Crippen LogP contribution in [0.2, 0.25) is 0 Å². The first-order valence-corrected chi connectivity index (χ1v) is 7.50. The lowest BCUT2D eigenvalue weighted by atomic mass is 10.0. The molecule has 0 fully saturated rings. The van der Waals surface area contributed by atoms with E-state index in [9.17, 15) is 0 Å². The van der Waals surface area contributed by atoms with Crippen LogP contribution in [0.3, 0.4) is 0 Å². The summed E-state index contributed by atoms with van der Waals surface area (Å²) in [6, 6.07) is 9.69. The van der Waals surface area contributed by atoms with E-state index in [0.29, 0.717) is 12.1 Å². The zero-order valence-corrected chi connectivity index (χ0v) is 13.5. The molecule has 1 aromatic carbocycles. The minimum Gasteiger partial charge on any atom is -0.313 e. The van der Waals surface area contributed by atoms with Crippen molar-refractivity contribution in [3.8, 4) is 0 Å². The molecule has 0 spiro atoms. The van der Waals surface area contributed by atoms with Crippen LogP contribution >= 0.6 is 15.9 Å². The first-order valence-electron chi connectivity index (χ1n) is 6.71. The second kappa shape index (κ2) is 7.93. The van der Waals surface area contributed by atoms with Crippen LogP contribution in [0.25, 0.3) is 0 Å². The third kappa shape index (κ3) is 4.71. The van der Waals surface area contributed by atoms with Crippen LogP contribution in [-0.2, 0) is 0 Å². The predicted octanol–water partition coefficient (Wildman–Crippen LogP) is 3.83. The number of halogens is 1. The Labute approximate surface area is 120 Å². The van der Waals surface area contributed by atoms with Gasteiger partial charge in [-0.05, 0) is 58.1 Å². The Bertz CT molecular complexity index is 337. The van der Waals surface area contributed by atoms with E-state index in [2.05, 4.69) is 71.3 Å². The highest BCUT2D eigenvalue weighted by Crippen LogP contribution is 2.20. The Kier molecular flexibility index (Phi) is 6.90. The van der Waals surface area contributed by atoms with Crippen molar-refractivity contribution in [3.63, 3.8) is 0 Å². The van der Waals surface area contributed by atoms with Gasteiger partial charge in [0.15, 0.2) is 0 Å². The highest BCUT2D eigenvalue weighted by molar-refractivity contribution is 9.10.